The van der Waals surface area contributed by atoms with E-state index in [0.717, 1.165) is 38.2 Å². The van der Waals surface area contributed by atoms with Gasteiger partial charge >= 0.3 is 0 Å². The molecular weight excluding hydrogens is 765 g/mol. The van der Waals surface area contributed by atoms with Crippen molar-refractivity contribution in [3.8, 4) is 55.6 Å². The molecule has 2 heterocycles. The van der Waals surface area contributed by atoms with Gasteiger partial charge in [0.1, 0.15) is 23.6 Å². The van der Waals surface area contributed by atoms with Crippen LogP contribution in [0.3, 0.4) is 0 Å². The standard InChI is InChI=1S/C29H35NO2SSi.C14H12BrNOS/c1-19(2)31-26-13-11-20(15-21(26)17-30)28-16-22(18-33-28)23-9-8-10-25-24(23)12-14-27(25)32-34(6,7)29(3,4)5;1-9(2)17-13-4-3-10(5-11(13)7-16)14-6-12(15)8-18-14/h8-11,13,15-16,18-19,27H,12,14H2,1-7H3;3-6,8-9H,1-2H3. The zero-order valence-electron chi connectivity index (χ0n) is 31.5. The smallest absolute Gasteiger partial charge is 0.192 e. The lowest BCUT2D eigenvalue weighted by atomic mass is 9.98. The second-order valence-corrected chi connectivity index (χ2v) is 22.6. The first kappa shape index (κ1) is 39.5. The summed E-state index contributed by atoms with van der Waals surface area (Å²) in [5.41, 5.74) is 8.57. The van der Waals surface area contributed by atoms with Crippen LogP contribution in [-0.2, 0) is 10.8 Å². The third-order valence-corrected chi connectivity index (χ3v) is 16.6. The molecule has 0 fully saturated rings. The van der Waals surface area contributed by atoms with Crippen LogP contribution < -0.4 is 9.47 Å². The molecule has 3 aromatic carbocycles. The first-order valence-electron chi connectivity index (χ1n) is 17.6. The number of benzene rings is 3. The number of rotatable bonds is 9. The van der Waals surface area contributed by atoms with Gasteiger partial charge in [-0.05, 0) is 162 Å². The van der Waals surface area contributed by atoms with Crippen LogP contribution in [0.5, 0.6) is 11.5 Å². The summed E-state index contributed by atoms with van der Waals surface area (Å²) in [6, 6.07) is 27.0. The molecule has 2 aromatic heterocycles. The Morgan fingerprint density at radius 3 is 1.83 bits per heavy atom. The Morgan fingerprint density at radius 2 is 1.33 bits per heavy atom. The van der Waals surface area contributed by atoms with Crippen molar-refractivity contribution in [3.05, 3.63) is 104 Å². The van der Waals surface area contributed by atoms with Gasteiger partial charge in [-0.1, -0.05) is 39.0 Å². The number of nitriles is 2. The molecule has 1 aliphatic rings. The molecule has 0 saturated heterocycles. The summed E-state index contributed by atoms with van der Waals surface area (Å²) in [4.78, 5) is 2.29. The molecule has 52 heavy (non-hydrogen) atoms. The van der Waals surface area contributed by atoms with Gasteiger partial charge in [0.25, 0.3) is 0 Å². The molecule has 0 radical (unpaired) electrons. The normalized spacial score (nSPS) is 14.0. The highest BCUT2D eigenvalue weighted by atomic mass is 79.9. The van der Waals surface area contributed by atoms with Crippen molar-refractivity contribution < 1.29 is 13.9 Å². The van der Waals surface area contributed by atoms with Crippen LogP contribution in [0, 0.1) is 22.7 Å². The molecule has 6 rings (SSSR count). The monoisotopic (exact) mass is 810 g/mol. The van der Waals surface area contributed by atoms with Gasteiger partial charge in [0.05, 0.1) is 29.4 Å². The van der Waals surface area contributed by atoms with E-state index in [-0.39, 0.29) is 23.4 Å². The highest BCUT2D eigenvalue weighted by Crippen LogP contribution is 2.46. The van der Waals surface area contributed by atoms with Gasteiger partial charge in [0.2, 0.25) is 0 Å². The Morgan fingerprint density at radius 1 is 0.769 bits per heavy atom. The molecule has 0 saturated carbocycles. The summed E-state index contributed by atoms with van der Waals surface area (Å²) in [6.07, 6.45) is 2.41. The van der Waals surface area contributed by atoms with Crippen molar-refractivity contribution in [2.75, 3.05) is 0 Å². The molecule has 0 aliphatic heterocycles. The third kappa shape index (κ3) is 9.26. The van der Waals surface area contributed by atoms with E-state index in [1.165, 1.54) is 22.3 Å². The highest BCUT2D eigenvalue weighted by molar-refractivity contribution is 9.10. The topological polar surface area (TPSA) is 75.3 Å². The van der Waals surface area contributed by atoms with Crippen LogP contribution in [-0.4, -0.2) is 20.5 Å². The van der Waals surface area contributed by atoms with Crippen molar-refractivity contribution in [2.45, 2.75) is 97.8 Å². The lowest BCUT2D eigenvalue weighted by Crippen LogP contribution is -2.41. The molecule has 1 unspecified atom stereocenters. The van der Waals surface area contributed by atoms with Crippen molar-refractivity contribution in [1.29, 1.82) is 10.5 Å². The van der Waals surface area contributed by atoms with Crippen molar-refractivity contribution >= 4 is 46.9 Å². The number of thiophene rings is 2. The predicted octanol–water partition coefficient (Wildman–Crippen LogP) is 13.6. The predicted molar refractivity (Wildman–Crippen MR) is 223 cm³/mol. The molecule has 5 aromatic rings. The summed E-state index contributed by atoms with van der Waals surface area (Å²) in [5.74, 6) is 1.29. The average molecular weight is 812 g/mol. The van der Waals surface area contributed by atoms with E-state index >= 15 is 0 Å². The van der Waals surface area contributed by atoms with Gasteiger partial charge in [-0.15, -0.1) is 22.7 Å². The zero-order chi connectivity index (χ0) is 37.8. The molecule has 270 valence electrons. The van der Waals surface area contributed by atoms with Gasteiger partial charge in [-0.25, -0.2) is 0 Å². The van der Waals surface area contributed by atoms with E-state index in [9.17, 15) is 10.5 Å². The largest absolute Gasteiger partial charge is 0.490 e. The lowest BCUT2D eigenvalue weighted by molar-refractivity contribution is 0.185. The summed E-state index contributed by atoms with van der Waals surface area (Å²) in [5, 5.41) is 23.2. The van der Waals surface area contributed by atoms with Gasteiger partial charge in [0, 0.05) is 19.6 Å². The van der Waals surface area contributed by atoms with Gasteiger partial charge in [0.15, 0.2) is 8.32 Å². The zero-order valence-corrected chi connectivity index (χ0v) is 35.7. The molecule has 1 aliphatic carbocycles. The Bertz CT molecular complexity index is 2110. The molecule has 0 bridgehead atoms. The Balaban J connectivity index is 0.000000244. The number of nitrogens with zero attached hydrogens (tertiary/aromatic N) is 2. The molecule has 5 nitrogen and oxygen atoms in total. The molecule has 0 amide bonds. The van der Waals surface area contributed by atoms with Gasteiger partial charge in [-0.3, -0.25) is 0 Å². The summed E-state index contributed by atoms with van der Waals surface area (Å²) < 4.78 is 19.3. The number of hydrogen-bond acceptors (Lipinski definition) is 7. The van der Waals surface area contributed by atoms with Crippen LogP contribution in [0.15, 0.2) is 82.0 Å². The average Bonchev–Trinajstić information content (AvgIpc) is 3.85. The van der Waals surface area contributed by atoms with E-state index in [2.05, 4.69) is 91.6 Å². The summed E-state index contributed by atoms with van der Waals surface area (Å²) in [6.45, 7) is 19.4. The maximum atomic E-state index is 9.61. The Kier molecular flexibility index (Phi) is 12.6. The Labute approximate surface area is 327 Å². The van der Waals surface area contributed by atoms with Crippen LogP contribution in [0.1, 0.15) is 83.2 Å². The number of fused-ring (bicyclic) bond motifs is 1. The second kappa shape index (κ2) is 16.5. The molecule has 0 N–H and O–H groups in total. The summed E-state index contributed by atoms with van der Waals surface area (Å²) >= 11 is 6.80. The minimum absolute atomic E-state index is 0.0379. The fourth-order valence-electron chi connectivity index (χ4n) is 5.89. The van der Waals surface area contributed by atoms with Crippen LogP contribution in [0.25, 0.3) is 32.0 Å². The molecule has 1 atom stereocenters. The van der Waals surface area contributed by atoms with Crippen molar-refractivity contribution in [3.63, 3.8) is 0 Å². The first-order valence-corrected chi connectivity index (χ1v) is 23.1. The van der Waals surface area contributed by atoms with Crippen molar-refractivity contribution in [2.24, 2.45) is 0 Å². The van der Waals surface area contributed by atoms with E-state index in [1.54, 1.807) is 22.7 Å². The van der Waals surface area contributed by atoms with Gasteiger partial charge in [-0.2, -0.15) is 10.5 Å². The minimum atomic E-state index is -1.83. The summed E-state index contributed by atoms with van der Waals surface area (Å²) in [7, 11) is -1.83. The second-order valence-electron chi connectivity index (χ2n) is 15.1. The fraction of sp³-hybridized carbons (Fsp3) is 0.349. The van der Waals surface area contributed by atoms with E-state index in [4.69, 9.17) is 13.9 Å². The Hall–Kier alpha value is -3.70. The maximum Gasteiger partial charge on any atom is 0.192 e. The van der Waals surface area contributed by atoms with Crippen LogP contribution in [0.2, 0.25) is 18.1 Å². The number of ether oxygens (including phenoxy) is 2. The van der Waals surface area contributed by atoms with E-state index < -0.39 is 8.32 Å². The first-order chi connectivity index (χ1) is 24.6. The molecule has 9 heteroatoms. The van der Waals surface area contributed by atoms with Crippen LogP contribution >= 0.6 is 38.6 Å². The van der Waals surface area contributed by atoms with E-state index in [0.29, 0.717) is 22.6 Å². The van der Waals surface area contributed by atoms with E-state index in [1.807, 2.05) is 75.5 Å². The van der Waals surface area contributed by atoms with Crippen LogP contribution in [0.4, 0.5) is 0 Å². The highest BCUT2D eigenvalue weighted by Gasteiger charge is 2.41. The lowest BCUT2D eigenvalue weighted by Gasteiger charge is -2.38. The van der Waals surface area contributed by atoms with Gasteiger partial charge < -0.3 is 13.9 Å². The quantitative estimate of drug-likeness (QED) is 0.139. The molecular formula is C43H47BrN2O3S2Si. The fourth-order valence-corrected chi connectivity index (χ4v) is 9.53. The third-order valence-electron chi connectivity index (χ3n) is 9.43. The number of halogens is 1. The number of hydrogen-bond donors (Lipinski definition) is 0. The molecule has 0 spiro atoms. The SMILES string of the molecule is CC(C)Oc1ccc(-c2cc(-c3cccc4c3CCC4O[Si](C)(C)C(C)(C)C)cs2)cc1C#N.CC(C)Oc1ccc(-c2cc(Br)cs2)cc1C#N. The maximum absolute atomic E-state index is 9.61. The minimum Gasteiger partial charge on any atom is -0.490 e. The van der Waals surface area contributed by atoms with Crippen molar-refractivity contribution in [1.82, 2.24) is 0 Å².